The van der Waals surface area contributed by atoms with Gasteiger partial charge in [-0.3, -0.25) is 9.59 Å². The van der Waals surface area contributed by atoms with Crippen LogP contribution in [0.1, 0.15) is 5.56 Å². The van der Waals surface area contributed by atoms with E-state index in [0.717, 1.165) is 12.0 Å². The number of urea groups is 1. The number of hydrogen-bond acceptors (Lipinski definition) is 4. The predicted octanol–water partition coefficient (Wildman–Crippen LogP) is 0.891. The zero-order valence-corrected chi connectivity index (χ0v) is 10.6. The highest BCUT2D eigenvalue weighted by molar-refractivity contribution is 6.15. The van der Waals surface area contributed by atoms with Gasteiger partial charge in [0.05, 0.1) is 7.11 Å². The summed E-state index contributed by atoms with van der Waals surface area (Å²) in [6, 6.07) is 4.83. The van der Waals surface area contributed by atoms with Crippen LogP contribution in [0, 0.1) is 5.82 Å². The molecule has 20 heavy (non-hydrogen) atoms. The van der Waals surface area contributed by atoms with Crippen LogP contribution < -0.4 is 5.32 Å². The molecular formula is C13H11FN2O4. The van der Waals surface area contributed by atoms with Crippen LogP contribution in [0.5, 0.6) is 0 Å². The predicted molar refractivity (Wildman–Crippen MR) is 66.6 cm³/mol. The van der Waals surface area contributed by atoms with Crippen molar-refractivity contribution in [3.63, 3.8) is 0 Å². The first-order valence-corrected chi connectivity index (χ1v) is 5.68. The fraction of sp³-hybridized carbons (Fsp3) is 0.154. The van der Waals surface area contributed by atoms with Crippen LogP contribution in [0.25, 0.3) is 6.08 Å². The van der Waals surface area contributed by atoms with Crippen molar-refractivity contribution in [1.82, 2.24) is 10.2 Å². The number of rotatable bonds is 3. The molecule has 1 saturated heterocycles. The van der Waals surface area contributed by atoms with Gasteiger partial charge in [0.25, 0.3) is 5.91 Å². The Hall–Kier alpha value is -2.70. The Morgan fingerprint density at radius 2 is 2.20 bits per heavy atom. The summed E-state index contributed by atoms with van der Waals surface area (Å²) in [5, 5.41) is 2.32. The quantitative estimate of drug-likeness (QED) is 0.506. The largest absolute Gasteiger partial charge is 0.468 e. The van der Waals surface area contributed by atoms with E-state index in [4.69, 9.17) is 0 Å². The summed E-state index contributed by atoms with van der Waals surface area (Å²) < 4.78 is 17.4. The number of nitrogens with one attached hydrogen (secondary N) is 1. The van der Waals surface area contributed by atoms with Gasteiger partial charge in [0, 0.05) is 0 Å². The molecule has 1 N–H and O–H groups in total. The van der Waals surface area contributed by atoms with Crippen LogP contribution in [0.2, 0.25) is 0 Å². The molecule has 0 radical (unpaired) electrons. The van der Waals surface area contributed by atoms with Crippen LogP contribution in [-0.2, 0) is 14.3 Å². The van der Waals surface area contributed by atoms with Crippen LogP contribution in [0.4, 0.5) is 9.18 Å². The molecule has 0 saturated carbocycles. The first-order valence-electron chi connectivity index (χ1n) is 5.68. The second kappa shape index (κ2) is 5.52. The molecule has 1 aromatic carbocycles. The van der Waals surface area contributed by atoms with Crippen LogP contribution in [0.15, 0.2) is 30.0 Å². The molecule has 0 unspecified atom stereocenters. The lowest BCUT2D eigenvalue weighted by atomic mass is 10.2. The average Bonchev–Trinajstić information content (AvgIpc) is 2.66. The Kier molecular flexibility index (Phi) is 3.79. The van der Waals surface area contributed by atoms with Gasteiger partial charge in [-0.05, 0) is 23.8 Å². The lowest BCUT2D eigenvalue weighted by Gasteiger charge is -2.08. The molecule has 0 aliphatic carbocycles. The monoisotopic (exact) mass is 278 g/mol. The first kappa shape index (κ1) is 13.7. The molecule has 3 amide bonds. The number of hydrogen-bond donors (Lipinski definition) is 1. The SMILES string of the molecule is COC(=O)CN1C(=O)NC(=Cc2cccc(F)c2)C1=O. The van der Waals surface area contributed by atoms with Crippen molar-refractivity contribution in [2.45, 2.75) is 0 Å². The Balaban J connectivity index is 2.21. The molecule has 2 rings (SSSR count). The van der Waals surface area contributed by atoms with E-state index < -0.39 is 30.3 Å². The highest BCUT2D eigenvalue weighted by atomic mass is 19.1. The van der Waals surface area contributed by atoms with Gasteiger partial charge in [0.2, 0.25) is 0 Å². The van der Waals surface area contributed by atoms with Gasteiger partial charge in [-0.15, -0.1) is 0 Å². The highest BCUT2D eigenvalue weighted by Gasteiger charge is 2.35. The van der Waals surface area contributed by atoms with E-state index in [2.05, 4.69) is 10.1 Å². The second-order valence-corrected chi connectivity index (χ2v) is 4.01. The molecule has 0 aromatic heterocycles. The van der Waals surface area contributed by atoms with E-state index in [0.29, 0.717) is 5.56 Å². The summed E-state index contributed by atoms with van der Waals surface area (Å²) in [4.78, 5) is 35.3. The molecular weight excluding hydrogens is 267 g/mol. The van der Waals surface area contributed by atoms with Crippen molar-refractivity contribution >= 4 is 24.0 Å². The number of carbonyl (C=O) groups excluding carboxylic acids is 3. The van der Waals surface area contributed by atoms with E-state index in [1.807, 2.05) is 0 Å². The maximum Gasteiger partial charge on any atom is 0.329 e. The summed E-state index contributed by atoms with van der Waals surface area (Å²) in [5.74, 6) is -1.83. The molecule has 0 spiro atoms. The standard InChI is InChI=1S/C13H11FN2O4/c1-20-11(17)7-16-12(18)10(15-13(16)19)6-8-3-2-4-9(14)5-8/h2-6H,7H2,1H3,(H,15,19). The minimum absolute atomic E-state index is 0.0236. The summed E-state index contributed by atoms with van der Waals surface area (Å²) in [6.07, 6.45) is 1.33. The number of carbonyl (C=O) groups is 3. The molecule has 7 heteroatoms. The number of ether oxygens (including phenoxy) is 1. The molecule has 1 fully saturated rings. The van der Waals surface area contributed by atoms with E-state index in [1.54, 1.807) is 6.07 Å². The zero-order chi connectivity index (χ0) is 14.7. The van der Waals surface area contributed by atoms with Crippen LogP contribution >= 0.6 is 0 Å². The number of halogens is 1. The molecule has 1 heterocycles. The molecule has 1 aliphatic heterocycles. The number of amides is 3. The lowest BCUT2D eigenvalue weighted by molar-refractivity contribution is -0.143. The van der Waals surface area contributed by atoms with E-state index in [-0.39, 0.29) is 5.70 Å². The van der Waals surface area contributed by atoms with Crippen molar-refractivity contribution in [3.05, 3.63) is 41.3 Å². The van der Waals surface area contributed by atoms with Gasteiger partial charge in [0.1, 0.15) is 18.1 Å². The molecule has 6 nitrogen and oxygen atoms in total. The van der Waals surface area contributed by atoms with E-state index >= 15 is 0 Å². The van der Waals surface area contributed by atoms with Gasteiger partial charge in [-0.25, -0.2) is 14.1 Å². The summed E-state index contributed by atoms with van der Waals surface area (Å²) in [7, 11) is 1.16. The third-order valence-electron chi connectivity index (χ3n) is 2.64. The molecule has 1 aliphatic rings. The van der Waals surface area contributed by atoms with Crippen molar-refractivity contribution < 1.29 is 23.5 Å². The number of esters is 1. The molecule has 0 bridgehead atoms. The van der Waals surface area contributed by atoms with Gasteiger partial charge in [0.15, 0.2) is 0 Å². The summed E-state index contributed by atoms with van der Waals surface area (Å²) in [6.45, 7) is -0.471. The molecule has 104 valence electrons. The number of nitrogens with zero attached hydrogens (tertiary/aromatic N) is 1. The van der Waals surface area contributed by atoms with Crippen LogP contribution in [0.3, 0.4) is 0 Å². The summed E-state index contributed by atoms with van der Waals surface area (Å²) in [5.41, 5.74) is 0.401. The van der Waals surface area contributed by atoms with Crippen molar-refractivity contribution in [3.8, 4) is 0 Å². The Bertz CT molecular complexity index is 612. The van der Waals surface area contributed by atoms with Crippen LogP contribution in [-0.4, -0.2) is 36.5 Å². The van der Waals surface area contributed by atoms with Crippen molar-refractivity contribution in [1.29, 1.82) is 0 Å². The van der Waals surface area contributed by atoms with E-state index in [9.17, 15) is 18.8 Å². The Labute approximate surface area is 113 Å². The normalized spacial score (nSPS) is 16.5. The number of methoxy groups -OCH3 is 1. The van der Waals surface area contributed by atoms with Gasteiger partial charge in [-0.1, -0.05) is 12.1 Å². The average molecular weight is 278 g/mol. The summed E-state index contributed by atoms with van der Waals surface area (Å²) >= 11 is 0. The van der Waals surface area contributed by atoms with Crippen molar-refractivity contribution in [2.24, 2.45) is 0 Å². The van der Waals surface area contributed by atoms with E-state index in [1.165, 1.54) is 24.3 Å². The molecule has 0 atom stereocenters. The van der Waals surface area contributed by atoms with Gasteiger partial charge in [-0.2, -0.15) is 0 Å². The number of imide groups is 1. The third kappa shape index (κ3) is 2.82. The number of benzene rings is 1. The fourth-order valence-corrected chi connectivity index (χ4v) is 1.67. The minimum Gasteiger partial charge on any atom is -0.468 e. The third-order valence-corrected chi connectivity index (χ3v) is 2.64. The minimum atomic E-state index is -0.719. The second-order valence-electron chi connectivity index (χ2n) is 4.01. The highest BCUT2D eigenvalue weighted by Crippen LogP contribution is 2.14. The van der Waals surface area contributed by atoms with Gasteiger partial charge < -0.3 is 10.1 Å². The fourth-order valence-electron chi connectivity index (χ4n) is 1.67. The Morgan fingerprint density at radius 3 is 2.85 bits per heavy atom. The topological polar surface area (TPSA) is 75.7 Å². The Morgan fingerprint density at radius 1 is 1.45 bits per heavy atom. The maximum atomic E-state index is 13.0. The first-order chi connectivity index (χ1) is 9.51. The molecule has 1 aromatic rings. The zero-order valence-electron chi connectivity index (χ0n) is 10.6. The lowest BCUT2D eigenvalue weighted by Crippen LogP contribution is -2.36. The van der Waals surface area contributed by atoms with Gasteiger partial charge >= 0.3 is 12.0 Å². The smallest absolute Gasteiger partial charge is 0.329 e. The van der Waals surface area contributed by atoms with Crippen molar-refractivity contribution in [2.75, 3.05) is 13.7 Å². The maximum absolute atomic E-state index is 13.0.